The van der Waals surface area contributed by atoms with Crippen molar-refractivity contribution in [3.05, 3.63) is 47.5 Å². The van der Waals surface area contributed by atoms with Crippen molar-refractivity contribution in [1.29, 1.82) is 0 Å². The summed E-state index contributed by atoms with van der Waals surface area (Å²) >= 11 is 0. The summed E-state index contributed by atoms with van der Waals surface area (Å²) in [7, 11) is 0. The average molecular weight is 409 g/mol. The highest BCUT2D eigenvalue weighted by Crippen LogP contribution is 2.39. The highest BCUT2D eigenvalue weighted by atomic mass is 19.4. The van der Waals surface area contributed by atoms with Crippen LogP contribution in [0, 0.1) is 12.7 Å². The standard InChI is InChI=1S/C20H23F4N5/c1-4-28(5-2)11-10-25-16-12-13(3)26-19-17(14-6-8-15(21)9-7-14)18(20(22,23)24)27-29(16)19/h6-9,12,25H,4-5,10-11H2,1-3H3. The fourth-order valence-corrected chi connectivity index (χ4v) is 3.23. The van der Waals surface area contributed by atoms with E-state index < -0.39 is 17.7 Å². The van der Waals surface area contributed by atoms with Crippen molar-refractivity contribution in [2.75, 3.05) is 31.5 Å². The number of hydrogen-bond acceptors (Lipinski definition) is 4. The van der Waals surface area contributed by atoms with E-state index in [4.69, 9.17) is 0 Å². The number of nitrogens with one attached hydrogen (secondary N) is 1. The summed E-state index contributed by atoms with van der Waals surface area (Å²) in [6, 6.07) is 6.52. The lowest BCUT2D eigenvalue weighted by molar-refractivity contribution is -0.140. The van der Waals surface area contributed by atoms with Gasteiger partial charge in [-0.1, -0.05) is 26.0 Å². The predicted molar refractivity (Wildman–Crippen MR) is 104 cm³/mol. The number of aromatic nitrogens is 3. The molecular formula is C20H23F4N5. The van der Waals surface area contributed by atoms with E-state index in [1.54, 1.807) is 13.0 Å². The van der Waals surface area contributed by atoms with Gasteiger partial charge in [0, 0.05) is 24.8 Å². The topological polar surface area (TPSA) is 45.5 Å². The van der Waals surface area contributed by atoms with E-state index in [1.807, 2.05) is 0 Å². The van der Waals surface area contributed by atoms with Crippen molar-refractivity contribution in [1.82, 2.24) is 19.5 Å². The molecule has 0 radical (unpaired) electrons. The Morgan fingerprint density at radius 3 is 2.34 bits per heavy atom. The fourth-order valence-electron chi connectivity index (χ4n) is 3.23. The number of halogens is 4. The fraction of sp³-hybridized carbons (Fsp3) is 0.400. The van der Waals surface area contributed by atoms with E-state index in [0.717, 1.165) is 31.8 Å². The van der Waals surface area contributed by atoms with Crippen LogP contribution in [0.1, 0.15) is 25.2 Å². The van der Waals surface area contributed by atoms with Gasteiger partial charge >= 0.3 is 6.18 Å². The Morgan fingerprint density at radius 1 is 1.10 bits per heavy atom. The number of rotatable bonds is 7. The molecule has 156 valence electrons. The third-order valence-corrected chi connectivity index (χ3v) is 4.75. The molecule has 0 unspecified atom stereocenters. The molecule has 1 N–H and O–H groups in total. The Morgan fingerprint density at radius 2 is 1.76 bits per heavy atom. The number of hydrogen-bond donors (Lipinski definition) is 1. The largest absolute Gasteiger partial charge is 0.435 e. The summed E-state index contributed by atoms with van der Waals surface area (Å²) in [5.74, 6) is -0.0970. The van der Waals surface area contributed by atoms with Crippen molar-refractivity contribution >= 4 is 11.5 Å². The van der Waals surface area contributed by atoms with Crippen molar-refractivity contribution < 1.29 is 17.6 Å². The summed E-state index contributed by atoms with van der Waals surface area (Å²) in [5, 5.41) is 6.99. The highest BCUT2D eigenvalue weighted by molar-refractivity contribution is 5.81. The zero-order chi connectivity index (χ0) is 21.2. The van der Waals surface area contributed by atoms with Crippen LogP contribution in [0.15, 0.2) is 30.3 Å². The van der Waals surface area contributed by atoms with Crippen LogP contribution in [0.25, 0.3) is 16.8 Å². The summed E-state index contributed by atoms with van der Waals surface area (Å²) in [6.45, 7) is 8.88. The molecular weight excluding hydrogens is 386 g/mol. The lowest BCUT2D eigenvalue weighted by Crippen LogP contribution is -2.29. The van der Waals surface area contributed by atoms with Gasteiger partial charge in [0.2, 0.25) is 0 Å². The summed E-state index contributed by atoms with van der Waals surface area (Å²) in [6.07, 6.45) is -4.68. The van der Waals surface area contributed by atoms with Crippen molar-refractivity contribution in [2.45, 2.75) is 26.9 Å². The first-order chi connectivity index (χ1) is 13.7. The molecule has 5 nitrogen and oxygen atoms in total. The molecule has 0 bridgehead atoms. The number of aryl methyl sites for hydroxylation is 1. The van der Waals surface area contributed by atoms with Crippen LogP contribution in [-0.2, 0) is 6.18 Å². The van der Waals surface area contributed by atoms with Crippen molar-refractivity contribution in [3.63, 3.8) is 0 Å². The van der Waals surface area contributed by atoms with Crippen LogP contribution < -0.4 is 5.32 Å². The average Bonchev–Trinajstić information content (AvgIpc) is 3.05. The van der Waals surface area contributed by atoms with Crippen LogP contribution >= 0.6 is 0 Å². The van der Waals surface area contributed by atoms with Crippen LogP contribution in [-0.4, -0.2) is 45.7 Å². The second kappa shape index (κ2) is 8.36. The number of benzene rings is 1. The summed E-state index contributed by atoms with van der Waals surface area (Å²) in [4.78, 5) is 6.50. The number of alkyl halides is 3. The molecule has 0 spiro atoms. The van der Waals surface area contributed by atoms with Gasteiger partial charge in [-0.25, -0.2) is 9.37 Å². The molecule has 0 atom stereocenters. The second-order valence-electron chi connectivity index (χ2n) is 6.70. The molecule has 3 aromatic rings. The van der Waals surface area contributed by atoms with Crippen LogP contribution in [0.3, 0.4) is 0 Å². The normalized spacial score (nSPS) is 12.1. The van der Waals surface area contributed by atoms with E-state index in [2.05, 4.69) is 34.1 Å². The molecule has 0 saturated heterocycles. The molecule has 1 aromatic carbocycles. The van der Waals surface area contributed by atoms with Gasteiger partial charge in [-0.05, 0) is 37.7 Å². The van der Waals surface area contributed by atoms with Gasteiger partial charge in [-0.15, -0.1) is 0 Å². The van der Waals surface area contributed by atoms with Gasteiger partial charge in [0.1, 0.15) is 11.6 Å². The Bertz CT molecular complexity index is 975. The minimum Gasteiger partial charge on any atom is -0.369 e. The lowest BCUT2D eigenvalue weighted by Gasteiger charge is -2.18. The molecule has 0 aliphatic heterocycles. The summed E-state index contributed by atoms with van der Waals surface area (Å²) in [5.41, 5.74) is -0.364. The van der Waals surface area contributed by atoms with Gasteiger partial charge < -0.3 is 10.2 Å². The van der Waals surface area contributed by atoms with Gasteiger partial charge in [0.15, 0.2) is 11.3 Å². The zero-order valence-electron chi connectivity index (χ0n) is 16.5. The third kappa shape index (κ3) is 4.50. The quantitative estimate of drug-likeness (QED) is 0.579. The molecule has 0 saturated carbocycles. The van der Waals surface area contributed by atoms with Crippen LogP contribution in [0.2, 0.25) is 0 Å². The van der Waals surface area contributed by atoms with Crippen molar-refractivity contribution in [3.8, 4) is 11.1 Å². The first-order valence-electron chi connectivity index (χ1n) is 9.44. The van der Waals surface area contributed by atoms with Gasteiger partial charge in [0.25, 0.3) is 0 Å². The van der Waals surface area contributed by atoms with Gasteiger partial charge in [0.05, 0.1) is 5.56 Å². The highest BCUT2D eigenvalue weighted by Gasteiger charge is 2.39. The molecule has 2 heterocycles. The van der Waals surface area contributed by atoms with Crippen LogP contribution in [0.4, 0.5) is 23.4 Å². The molecule has 0 amide bonds. The number of nitrogens with zero attached hydrogens (tertiary/aromatic N) is 4. The molecule has 0 aliphatic rings. The van der Waals surface area contributed by atoms with E-state index in [-0.39, 0.29) is 16.8 Å². The van der Waals surface area contributed by atoms with Crippen LogP contribution in [0.5, 0.6) is 0 Å². The van der Waals surface area contributed by atoms with E-state index in [9.17, 15) is 17.6 Å². The first kappa shape index (κ1) is 21.0. The minimum absolute atomic E-state index is 0.0780. The molecule has 9 heteroatoms. The number of anilines is 1. The smallest absolute Gasteiger partial charge is 0.369 e. The third-order valence-electron chi connectivity index (χ3n) is 4.75. The van der Waals surface area contributed by atoms with E-state index in [1.165, 1.54) is 16.6 Å². The number of fused-ring (bicyclic) bond motifs is 1. The molecule has 0 aliphatic carbocycles. The Kier molecular flexibility index (Phi) is 6.07. The molecule has 0 fully saturated rings. The number of likely N-dealkylation sites (N-methyl/N-ethyl adjacent to an activating group) is 1. The molecule has 2 aromatic heterocycles. The monoisotopic (exact) mass is 409 g/mol. The maximum Gasteiger partial charge on any atom is 0.435 e. The Balaban J connectivity index is 2.10. The first-order valence-corrected chi connectivity index (χ1v) is 9.44. The second-order valence-corrected chi connectivity index (χ2v) is 6.70. The SMILES string of the molecule is CCN(CC)CCNc1cc(C)nc2c(-c3ccc(F)cc3)c(C(F)(F)F)nn12. The Hall–Kier alpha value is -2.68. The lowest BCUT2D eigenvalue weighted by atomic mass is 10.1. The Labute approximate surface area is 166 Å². The molecule has 3 rings (SSSR count). The molecule has 29 heavy (non-hydrogen) atoms. The van der Waals surface area contributed by atoms with Gasteiger partial charge in [-0.3, -0.25) is 0 Å². The maximum atomic E-state index is 13.7. The van der Waals surface area contributed by atoms with E-state index in [0.29, 0.717) is 18.1 Å². The summed E-state index contributed by atoms with van der Waals surface area (Å²) < 4.78 is 55.7. The minimum atomic E-state index is -4.68. The van der Waals surface area contributed by atoms with Gasteiger partial charge in [-0.2, -0.15) is 22.8 Å². The maximum absolute atomic E-state index is 13.7. The zero-order valence-corrected chi connectivity index (χ0v) is 16.5. The predicted octanol–water partition coefficient (Wildman–Crippen LogP) is 4.62. The van der Waals surface area contributed by atoms with Crippen molar-refractivity contribution in [2.24, 2.45) is 0 Å². The van der Waals surface area contributed by atoms with E-state index >= 15 is 0 Å².